The highest BCUT2D eigenvalue weighted by Gasteiger charge is 2.44. The first-order chi connectivity index (χ1) is 12.6. The summed E-state index contributed by atoms with van der Waals surface area (Å²) in [4.78, 5) is 14.8. The molecular weight excluding hydrogens is 335 g/mol. The Kier molecular flexibility index (Phi) is 4.74. The summed E-state index contributed by atoms with van der Waals surface area (Å²) < 4.78 is 20.8. The molecule has 2 saturated heterocycles. The number of amides is 1. The number of hydrogen-bond donors (Lipinski definition) is 1. The number of benzene rings is 1. The third-order valence-electron chi connectivity index (χ3n) is 5.21. The minimum absolute atomic E-state index is 0.00943. The van der Waals surface area contributed by atoms with E-state index < -0.39 is 0 Å². The molecule has 6 nitrogen and oxygen atoms in total. The number of carbonyl (C=O) groups excluding carboxylic acids is 1. The molecule has 2 aliphatic rings. The zero-order valence-corrected chi connectivity index (χ0v) is 14.8. The molecule has 2 aromatic rings. The Morgan fingerprint density at radius 2 is 2.19 bits per heavy atom. The Balaban J connectivity index is 1.47. The number of ether oxygens (including phenoxy) is 1. The molecule has 4 rings (SSSR count). The summed E-state index contributed by atoms with van der Waals surface area (Å²) in [5.74, 6) is -0.352. The Morgan fingerprint density at radius 1 is 1.38 bits per heavy atom. The van der Waals surface area contributed by atoms with Gasteiger partial charge in [0.15, 0.2) is 0 Å². The van der Waals surface area contributed by atoms with Crippen LogP contribution in [-0.2, 0) is 18.3 Å². The quantitative estimate of drug-likeness (QED) is 0.904. The van der Waals surface area contributed by atoms with Crippen molar-refractivity contribution in [3.05, 3.63) is 53.6 Å². The second-order valence-electron chi connectivity index (χ2n) is 7.08. The number of aryl methyl sites for hydroxylation is 1. The second-order valence-corrected chi connectivity index (χ2v) is 7.08. The first kappa shape index (κ1) is 17.2. The van der Waals surface area contributed by atoms with E-state index in [4.69, 9.17) is 4.74 Å². The molecule has 3 heterocycles. The minimum atomic E-state index is -0.226. The molecule has 0 aliphatic carbocycles. The van der Waals surface area contributed by atoms with E-state index in [1.807, 2.05) is 12.1 Å². The molecular formula is C19H23FN4O2. The summed E-state index contributed by atoms with van der Waals surface area (Å²) in [6.07, 6.45) is 5.33. The average Bonchev–Trinajstić information content (AvgIpc) is 3.22. The van der Waals surface area contributed by atoms with E-state index in [9.17, 15) is 9.18 Å². The zero-order chi connectivity index (χ0) is 18.1. The van der Waals surface area contributed by atoms with Crippen LogP contribution in [0.15, 0.2) is 36.7 Å². The first-order valence-electron chi connectivity index (χ1n) is 9.00. The van der Waals surface area contributed by atoms with Crippen LogP contribution in [0.3, 0.4) is 0 Å². The van der Waals surface area contributed by atoms with Gasteiger partial charge in [-0.1, -0.05) is 12.1 Å². The van der Waals surface area contributed by atoms with Gasteiger partial charge in [0, 0.05) is 39.0 Å². The molecule has 138 valence electrons. The summed E-state index contributed by atoms with van der Waals surface area (Å²) in [5.41, 5.74) is 1.62. The fourth-order valence-corrected chi connectivity index (χ4v) is 3.98. The fraction of sp³-hybridized carbons (Fsp3) is 0.474. The van der Waals surface area contributed by atoms with Crippen molar-refractivity contribution in [3.63, 3.8) is 0 Å². The van der Waals surface area contributed by atoms with E-state index in [1.165, 1.54) is 12.1 Å². The predicted octanol–water partition coefficient (Wildman–Crippen LogP) is 1.72. The molecule has 0 unspecified atom stereocenters. The smallest absolute Gasteiger partial charge is 0.254 e. The van der Waals surface area contributed by atoms with E-state index >= 15 is 0 Å². The first-order valence-corrected chi connectivity index (χ1v) is 9.00. The molecule has 7 heteroatoms. The number of likely N-dealkylation sites (tertiary alicyclic amines) is 1. The SMILES string of the molecule is Cn1cc(C(=O)N[C@@H]2CN(Cc3ccc(F)cc3)[C@@H]3CCCO[C@@H]32)cn1. The van der Waals surface area contributed by atoms with Crippen molar-refractivity contribution in [1.82, 2.24) is 20.0 Å². The van der Waals surface area contributed by atoms with Crippen molar-refractivity contribution < 1.29 is 13.9 Å². The van der Waals surface area contributed by atoms with Crippen molar-refractivity contribution in [3.8, 4) is 0 Å². The molecule has 1 amide bonds. The number of halogens is 1. The number of hydrogen-bond acceptors (Lipinski definition) is 4. The maximum absolute atomic E-state index is 13.1. The van der Waals surface area contributed by atoms with Crippen LogP contribution in [0.2, 0.25) is 0 Å². The summed E-state index contributed by atoms with van der Waals surface area (Å²) in [6.45, 7) is 2.17. The number of nitrogens with one attached hydrogen (secondary N) is 1. The van der Waals surface area contributed by atoms with Crippen LogP contribution >= 0.6 is 0 Å². The Hall–Kier alpha value is -2.25. The van der Waals surface area contributed by atoms with Crippen molar-refractivity contribution in [2.24, 2.45) is 7.05 Å². The molecule has 3 atom stereocenters. The molecule has 2 aliphatic heterocycles. The molecule has 1 aromatic carbocycles. The van der Waals surface area contributed by atoms with Crippen molar-refractivity contribution in [2.75, 3.05) is 13.2 Å². The predicted molar refractivity (Wildman–Crippen MR) is 94.0 cm³/mol. The summed E-state index contributed by atoms with van der Waals surface area (Å²) >= 11 is 0. The minimum Gasteiger partial charge on any atom is -0.374 e. The number of nitrogens with zero attached hydrogens (tertiary/aromatic N) is 3. The van der Waals surface area contributed by atoms with Gasteiger partial charge in [0.1, 0.15) is 5.82 Å². The largest absolute Gasteiger partial charge is 0.374 e. The van der Waals surface area contributed by atoms with E-state index in [-0.39, 0.29) is 29.9 Å². The zero-order valence-electron chi connectivity index (χ0n) is 14.8. The normalized spacial score (nSPS) is 25.8. The number of aromatic nitrogens is 2. The van der Waals surface area contributed by atoms with Crippen LogP contribution in [0, 0.1) is 5.82 Å². The van der Waals surface area contributed by atoms with Gasteiger partial charge in [0.2, 0.25) is 0 Å². The summed E-state index contributed by atoms with van der Waals surface area (Å²) in [7, 11) is 1.79. The van der Waals surface area contributed by atoms with E-state index in [1.54, 1.807) is 24.1 Å². The van der Waals surface area contributed by atoms with Crippen LogP contribution < -0.4 is 5.32 Å². The van der Waals surface area contributed by atoms with Gasteiger partial charge in [-0.3, -0.25) is 14.4 Å². The molecule has 2 fully saturated rings. The molecule has 0 saturated carbocycles. The Morgan fingerprint density at radius 3 is 2.92 bits per heavy atom. The fourth-order valence-electron chi connectivity index (χ4n) is 3.98. The highest BCUT2D eigenvalue weighted by molar-refractivity contribution is 5.94. The number of fused-ring (bicyclic) bond motifs is 1. The number of carbonyl (C=O) groups is 1. The third-order valence-corrected chi connectivity index (χ3v) is 5.21. The van der Waals surface area contributed by atoms with Crippen LogP contribution in [0.5, 0.6) is 0 Å². The molecule has 0 spiro atoms. The Bertz CT molecular complexity index is 776. The average molecular weight is 358 g/mol. The van der Waals surface area contributed by atoms with E-state index in [0.29, 0.717) is 5.56 Å². The summed E-state index contributed by atoms with van der Waals surface area (Å²) in [6, 6.07) is 6.82. The van der Waals surface area contributed by atoms with Crippen LogP contribution in [-0.4, -0.2) is 51.9 Å². The maximum Gasteiger partial charge on any atom is 0.254 e. The lowest BCUT2D eigenvalue weighted by molar-refractivity contribution is -0.0211. The summed E-state index contributed by atoms with van der Waals surface area (Å²) in [5, 5.41) is 7.17. The van der Waals surface area contributed by atoms with Crippen LogP contribution in [0.4, 0.5) is 4.39 Å². The van der Waals surface area contributed by atoms with Gasteiger partial charge in [-0.05, 0) is 30.5 Å². The van der Waals surface area contributed by atoms with Gasteiger partial charge >= 0.3 is 0 Å². The van der Waals surface area contributed by atoms with Crippen LogP contribution in [0.1, 0.15) is 28.8 Å². The van der Waals surface area contributed by atoms with Gasteiger partial charge in [0.25, 0.3) is 5.91 Å². The lowest BCUT2D eigenvalue weighted by Gasteiger charge is -2.32. The lowest BCUT2D eigenvalue weighted by Crippen LogP contribution is -2.47. The van der Waals surface area contributed by atoms with Gasteiger partial charge in [-0.25, -0.2) is 4.39 Å². The van der Waals surface area contributed by atoms with E-state index in [2.05, 4.69) is 15.3 Å². The van der Waals surface area contributed by atoms with Gasteiger partial charge in [-0.2, -0.15) is 5.10 Å². The topological polar surface area (TPSA) is 59.4 Å². The van der Waals surface area contributed by atoms with Gasteiger partial charge < -0.3 is 10.1 Å². The maximum atomic E-state index is 13.1. The second kappa shape index (κ2) is 7.17. The van der Waals surface area contributed by atoms with Gasteiger partial charge in [0.05, 0.1) is 23.9 Å². The van der Waals surface area contributed by atoms with Crippen molar-refractivity contribution in [1.29, 1.82) is 0 Å². The van der Waals surface area contributed by atoms with Gasteiger partial charge in [-0.15, -0.1) is 0 Å². The van der Waals surface area contributed by atoms with Crippen molar-refractivity contribution >= 4 is 5.91 Å². The number of rotatable bonds is 4. The van der Waals surface area contributed by atoms with Crippen molar-refractivity contribution in [2.45, 2.75) is 37.6 Å². The molecule has 0 bridgehead atoms. The highest BCUT2D eigenvalue weighted by Crippen LogP contribution is 2.30. The molecule has 26 heavy (non-hydrogen) atoms. The van der Waals surface area contributed by atoms with Crippen LogP contribution in [0.25, 0.3) is 0 Å². The monoisotopic (exact) mass is 358 g/mol. The standard InChI is InChI=1S/C19H23FN4O2/c1-23-11-14(9-21-23)19(25)22-16-12-24(17-3-2-8-26-18(16)17)10-13-4-6-15(20)7-5-13/h4-7,9,11,16-18H,2-3,8,10,12H2,1H3,(H,22,25)/t16-,17-,18-/m1/s1. The molecule has 0 radical (unpaired) electrons. The highest BCUT2D eigenvalue weighted by atomic mass is 19.1. The lowest BCUT2D eigenvalue weighted by atomic mass is 10.0. The molecule has 1 N–H and O–H groups in total. The Labute approximate surface area is 151 Å². The third kappa shape index (κ3) is 3.50. The molecule has 1 aromatic heterocycles. The van der Waals surface area contributed by atoms with E-state index in [0.717, 1.165) is 38.1 Å².